The van der Waals surface area contributed by atoms with E-state index in [1.165, 1.54) is 141 Å². The molecule has 0 fully saturated rings. The highest BCUT2D eigenvalue weighted by Gasteiger charge is 2.30. The van der Waals surface area contributed by atoms with Crippen molar-refractivity contribution in [1.82, 2.24) is 0 Å². The Morgan fingerprint density at radius 1 is 0.315 bits per heavy atom. The molecule has 0 heterocycles. The number of unbranched alkanes of at least 4 members (excludes halogenated alkanes) is 32. The Morgan fingerprint density at radius 3 is 0.798 bits per heavy atom. The number of aliphatic hydroxyl groups excluding tert-OH is 1. The van der Waals surface area contributed by atoms with Crippen molar-refractivity contribution in [3.05, 3.63) is 0 Å². The molecular weight excluding hydrogens is 1170 g/mol. The molecule has 0 rings (SSSR count). The van der Waals surface area contributed by atoms with Crippen LogP contribution in [0.1, 0.15) is 344 Å². The molecule has 0 radical (unpaired) electrons. The second-order valence-electron chi connectivity index (χ2n) is 26.9. The molecule has 0 saturated carbocycles. The predicted molar refractivity (Wildman–Crippen MR) is 358 cm³/mol. The molecule has 0 aromatic rings. The van der Waals surface area contributed by atoms with Crippen LogP contribution in [0.25, 0.3) is 0 Å². The highest BCUT2D eigenvalue weighted by atomic mass is 31.2. The van der Waals surface area contributed by atoms with Gasteiger partial charge in [0, 0.05) is 25.7 Å². The van der Waals surface area contributed by atoms with Crippen LogP contribution in [0.3, 0.4) is 0 Å². The number of phosphoric ester groups is 2. The average molecular weight is 1310 g/mol. The molecule has 3 unspecified atom stereocenters. The van der Waals surface area contributed by atoms with E-state index in [0.29, 0.717) is 25.7 Å². The maximum absolute atomic E-state index is 13.0. The molecule has 528 valence electrons. The Labute approximate surface area is 543 Å². The Bertz CT molecular complexity index is 1770. The molecule has 0 aromatic heterocycles. The van der Waals surface area contributed by atoms with E-state index in [0.717, 1.165) is 120 Å². The molecule has 0 spiro atoms. The first-order chi connectivity index (χ1) is 42.6. The molecule has 0 bridgehead atoms. The zero-order valence-corrected chi connectivity index (χ0v) is 59.8. The second-order valence-corrected chi connectivity index (χ2v) is 29.8. The number of rotatable bonds is 67. The van der Waals surface area contributed by atoms with E-state index in [-0.39, 0.29) is 25.7 Å². The number of phosphoric acid groups is 2. The molecule has 89 heavy (non-hydrogen) atoms. The minimum atomic E-state index is -4.95. The smallest absolute Gasteiger partial charge is 0.462 e. The van der Waals surface area contributed by atoms with Crippen LogP contribution < -0.4 is 0 Å². The van der Waals surface area contributed by atoms with Crippen molar-refractivity contribution in [1.29, 1.82) is 0 Å². The fraction of sp³-hybridized carbons (Fsp3) is 0.943. The maximum Gasteiger partial charge on any atom is 0.472 e. The Balaban J connectivity index is 5.23. The fourth-order valence-corrected chi connectivity index (χ4v) is 12.0. The van der Waals surface area contributed by atoms with E-state index in [4.69, 9.17) is 37.0 Å². The van der Waals surface area contributed by atoms with Crippen molar-refractivity contribution in [2.24, 2.45) is 23.7 Å². The quantitative estimate of drug-likeness (QED) is 0.0222. The highest BCUT2D eigenvalue weighted by Crippen LogP contribution is 2.45. The zero-order valence-electron chi connectivity index (χ0n) is 58.1. The van der Waals surface area contributed by atoms with Crippen LogP contribution in [0.2, 0.25) is 0 Å². The summed E-state index contributed by atoms with van der Waals surface area (Å²) in [6.07, 6.45) is 41.8. The van der Waals surface area contributed by atoms with Gasteiger partial charge in [0.2, 0.25) is 0 Å². The molecular formula is C70H136O17P2. The zero-order chi connectivity index (χ0) is 66.1. The van der Waals surface area contributed by atoms with Gasteiger partial charge in [-0.3, -0.25) is 37.3 Å². The van der Waals surface area contributed by atoms with Gasteiger partial charge in [0.05, 0.1) is 26.4 Å². The van der Waals surface area contributed by atoms with Crippen LogP contribution in [-0.4, -0.2) is 96.7 Å². The number of carbonyl (C=O) groups excluding carboxylic acids is 4. The maximum atomic E-state index is 13.0. The summed E-state index contributed by atoms with van der Waals surface area (Å²) in [5.74, 6) is 0.838. The molecule has 3 N–H and O–H groups in total. The van der Waals surface area contributed by atoms with E-state index < -0.39 is 97.5 Å². The van der Waals surface area contributed by atoms with Gasteiger partial charge in [-0.15, -0.1) is 0 Å². The summed E-state index contributed by atoms with van der Waals surface area (Å²) < 4.78 is 68.2. The summed E-state index contributed by atoms with van der Waals surface area (Å²) in [7, 11) is -9.90. The third-order valence-electron chi connectivity index (χ3n) is 16.4. The van der Waals surface area contributed by atoms with E-state index in [1.54, 1.807) is 0 Å². The standard InChI is InChI=1S/C70H136O17P2/c1-9-63(8)49-41-33-28-29-35-43-51-68(73)81-57-66(86-69(74)52-44-36-26-17-15-13-11-10-12-14-16-22-30-38-46-60(2)3)59-85-89(78,79)83-55-64(71)54-82-88(76,77)84-58-65(87-70(75)53-45-37-27-21-19-24-32-40-48-62(6)7)56-80-67(72)50-42-34-25-20-18-23-31-39-47-61(4)5/h60-66,71H,9-59H2,1-8H3,(H,76,77)(H,78,79)/t63?,64-,65-,66-/m1/s1. The summed E-state index contributed by atoms with van der Waals surface area (Å²) >= 11 is 0. The lowest BCUT2D eigenvalue weighted by Crippen LogP contribution is -2.30. The van der Waals surface area contributed by atoms with Gasteiger partial charge in [-0.1, -0.05) is 293 Å². The largest absolute Gasteiger partial charge is 0.472 e. The third kappa shape index (κ3) is 63.2. The number of ether oxygens (including phenoxy) is 4. The van der Waals surface area contributed by atoms with Crippen molar-refractivity contribution >= 4 is 39.5 Å². The van der Waals surface area contributed by atoms with Gasteiger partial charge in [-0.2, -0.15) is 0 Å². The molecule has 0 aromatic carbocycles. The van der Waals surface area contributed by atoms with Crippen LogP contribution in [0, 0.1) is 23.7 Å². The van der Waals surface area contributed by atoms with Crippen molar-refractivity contribution in [2.75, 3.05) is 39.6 Å². The summed E-state index contributed by atoms with van der Waals surface area (Å²) in [5, 5.41) is 10.6. The summed E-state index contributed by atoms with van der Waals surface area (Å²) in [6.45, 7) is 14.1. The monoisotopic (exact) mass is 1310 g/mol. The normalized spacial score (nSPS) is 14.6. The van der Waals surface area contributed by atoms with Crippen LogP contribution in [0.5, 0.6) is 0 Å². The molecule has 0 amide bonds. The average Bonchev–Trinajstić information content (AvgIpc) is 3.68. The Hall–Kier alpha value is -1.94. The van der Waals surface area contributed by atoms with Gasteiger partial charge < -0.3 is 33.8 Å². The van der Waals surface area contributed by atoms with E-state index in [2.05, 4.69) is 55.4 Å². The summed E-state index contributed by atoms with van der Waals surface area (Å²) in [4.78, 5) is 72.5. The van der Waals surface area contributed by atoms with E-state index in [9.17, 15) is 43.2 Å². The molecule has 6 atom stereocenters. The molecule has 0 saturated heterocycles. The van der Waals surface area contributed by atoms with Gasteiger partial charge in [0.1, 0.15) is 19.3 Å². The van der Waals surface area contributed by atoms with Gasteiger partial charge in [0.25, 0.3) is 0 Å². The Morgan fingerprint density at radius 2 is 0.539 bits per heavy atom. The lowest BCUT2D eigenvalue weighted by Gasteiger charge is -2.21. The Kier molecular flexibility index (Phi) is 58.5. The topological polar surface area (TPSA) is 237 Å². The van der Waals surface area contributed by atoms with Crippen molar-refractivity contribution in [2.45, 2.75) is 363 Å². The van der Waals surface area contributed by atoms with Crippen molar-refractivity contribution in [3.8, 4) is 0 Å². The first-order valence-corrected chi connectivity index (χ1v) is 39.2. The van der Waals surface area contributed by atoms with Gasteiger partial charge in [-0.25, -0.2) is 9.13 Å². The predicted octanol–water partition coefficient (Wildman–Crippen LogP) is 19.7. The first kappa shape index (κ1) is 87.1. The molecule has 0 aliphatic heterocycles. The highest BCUT2D eigenvalue weighted by molar-refractivity contribution is 7.47. The van der Waals surface area contributed by atoms with Crippen molar-refractivity contribution in [3.63, 3.8) is 0 Å². The molecule has 0 aliphatic carbocycles. The van der Waals surface area contributed by atoms with Crippen LogP contribution in [0.4, 0.5) is 0 Å². The van der Waals surface area contributed by atoms with Crippen LogP contribution in [-0.2, 0) is 65.4 Å². The first-order valence-electron chi connectivity index (χ1n) is 36.2. The number of aliphatic hydroxyl groups is 1. The van der Waals surface area contributed by atoms with Crippen LogP contribution in [0.15, 0.2) is 0 Å². The van der Waals surface area contributed by atoms with Gasteiger partial charge >= 0.3 is 39.5 Å². The lowest BCUT2D eigenvalue weighted by atomic mass is 10.00. The summed E-state index contributed by atoms with van der Waals surface area (Å²) in [5.41, 5.74) is 0. The third-order valence-corrected chi connectivity index (χ3v) is 18.3. The molecule has 0 aliphatic rings. The minimum absolute atomic E-state index is 0.103. The number of hydrogen-bond donors (Lipinski definition) is 3. The van der Waals surface area contributed by atoms with Crippen LogP contribution >= 0.6 is 15.6 Å². The second kappa shape index (κ2) is 59.8. The lowest BCUT2D eigenvalue weighted by molar-refractivity contribution is -0.161. The number of esters is 4. The van der Waals surface area contributed by atoms with E-state index >= 15 is 0 Å². The van der Waals surface area contributed by atoms with Gasteiger partial charge in [0.15, 0.2) is 12.2 Å². The molecule has 17 nitrogen and oxygen atoms in total. The van der Waals surface area contributed by atoms with Crippen molar-refractivity contribution < 1.29 is 80.2 Å². The molecule has 19 heteroatoms. The number of carbonyl (C=O) groups is 4. The number of hydrogen-bond acceptors (Lipinski definition) is 15. The van der Waals surface area contributed by atoms with Gasteiger partial charge in [-0.05, 0) is 49.4 Å². The minimum Gasteiger partial charge on any atom is -0.462 e. The fourth-order valence-electron chi connectivity index (χ4n) is 10.5. The SMILES string of the molecule is CCC(C)CCCCCCCCC(=O)OC[C@H](COP(=O)(O)OC[C@H](O)COP(=O)(O)OC[C@@H](COC(=O)CCCCCCCCCCC(C)C)OC(=O)CCCCCCCCCCC(C)C)OC(=O)CCCCCCCCCCCCCCCCC(C)C. The summed E-state index contributed by atoms with van der Waals surface area (Å²) in [6, 6.07) is 0. The van der Waals surface area contributed by atoms with E-state index in [1.807, 2.05) is 0 Å².